The molecule has 23 heavy (non-hydrogen) atoms. The van der Waals surface area contributed by atoms with E-state index in [1.807, 2.05) is 17.5 Å². The molecule has 3 rings (SSSR count). The number of hydrogen-bond acceptors (Lipinski definition) is 3. The Kier molecular flexibility index (Phi) is 5.10. The quantitative estimate of drug-likeness (QED) is 0.808. The fourth-order valence-corrected chi connectivity index (χ4v) is 4.27. The normalized spacial score (nSPS) is 18.1. The molecule has 1 aromatic heterocycles. The summed E-state index contributed by atoms with van der Waals surface area (Å²) >= 11 is 4.81. The second kappa shape index (κ2) is 6.93. The number of piperazine rings is 1. The Morgan fingerprint density at radius 1 is 1.17 bits per heavy atom. The predicted octanol–water partition coefficient (Wildman–Crippen LogP) is 4.52. The van der Waals surface area contributed by atoms with Gasteiger partial charge in [0, 0.05) is 35.5 Å². The predicted molar refractivity (Wildman–Crippen MR) is 89.7 cm³/mol. The van der Waals surface area contributed by atoms with Gasteiger partial charge in [-0.25, -0.2) is 0 Å². The maximum Gasteiger partial charge on any atom is 0.416 e. The largest absolute Gasteiger partial charge is 0.416 e. The van der Waals surface area contributed by atoms with E-state index in [0.29, 0.717) is 10.0 Å². The minimum atomic E-state index is -4.35. The molecular weight excluding hydrogens is 389 g/mol. The van der Waals surface area contributed by atoms with Gasteiger partial charge in [0.2, 0.25) is 0 Å². The fraction of sp³-hybridized carbons (Fsp3) is 0.375. The van der Waals surface area contributed by atoms with Gasteiger partial charge in [-0.15, -0.1) is 11.3 Å². The van der Waals surface area contributed by atoms with Gasteiger partial charge in [0.05, 0.1) is 11.6 Å². The van der Waals surface area contributed by atoms with Crippen molar-refractivity contribution < 1.29 is 13.2 Å². The number of benzene rings is 1. The number of nitrogens with one attached hydrogen (secondary N) is 1. The number of hydrogen-bond donors (Lipinski definition) is 1. The SMILES string of the molecule is FC(F)(F)c1cc(Br)cc([C@H](c2cccs2)N2CCNCC2)c1. The minimum Gasteiger partial charge on any atom is -0.314 e. The van der Waals surface area contributed by atoms with Crippen LogP contribution < -0.4 is 5.32 Å². The first-order chi connectivity index (χ1) is 10.9. The third-order valence-corrected chi connectivity index (χ3v) is 5.28. The number of halogens is 4. The zero-order valence-electron chi connectivity index (χ0n) is 12.2. The highest BCUT2D eigenvalue weighted by Crippen LogP contribution is 2.38. The van der Waals surface area contributed by atoms with E-state index in [4.69, 9.17) is 0 Å². The summed E-state index contributed by atoms with van der Waals surface area (Å²) in [7, 11) is 0. The lowest BCUT2D eigenvalue weighted by molar-refractivity contribution is -0.137. The van der Waals surface area contributed by atoms with Gasteiger partial charge in [0.15, 0.2) is 0 Å². The summed E-state index contributed by atoms with van der Waals surface area (Å²) in [5, 5.41) is 5.25. The van der Waals surface area contributed by atoms with Crippen molar-refractivity contribution in [1.82, 2.24) is 10.2 Å². The number of nitrogens with zero attached hydrogens (tertiary/aromatic N) is 1. The highest BCUT2D eigenvalue weighted by atomic mass is 79.9. The van der Waals surface area contributed by atoms with E-state index in [1.165, 1.54) is 6.07 Å². The van der Waals surface area contributed by atoms with Crippen LogP contribution in [0, 0.1) is 0 Å². The maximum atomic E-state index is 13.2. The van der Waals surface area contributed by atoms with Crippen LogP contribution in [0.3, 0.4) is 0 Å². The Balaban J connectivity index is 2.04. The minimum absolute atomic E-state index is 0.143. The van der Waals surface area contributed by atoms with E-state index < -0.39 is 11.7 Å². The van der Waals surface area contributed by atoms with Crippen LogP contribution in [0.4, 0.5) is 13.2 Å². The van der Waals surface area contributed by atoms with E-state index in [9.17, 15) is 13.2 Å². The van der Waals surface area contributed by atoms with Gasteiger partial charge >= 0.3 is 6.18 Å². The third kappa shape index (κ3) is 3.96. The highest BCUT2D eigenvalue weighted by molar-refractivity contribution is 9.10. The number of thiophene rings is 1. The fourth-order valence-electron chi connectivity index (χ4n) is 2.88. The zero-order chi connectivity index (χ0) is 16.4. The van der Waals surface area contributed by atoms with Crippen LogP contribution in [0.1, 0.15) is 22.0 Å². The van der Waals surface area contributed by atoms with E-state index in [-0.39, 0.29) is 6.04 Å². The second-order valence-electron chi connectivity index (χ2n) is 5.47. The Hall–Kier alpha value is -0.890. The first-order valence-corrected chi connectivity index (χ1v) is 8.98. The standard InChI is InChI=1S/C16H16BrF3N2S/c17-13-9-11(8-12(10-13)16(18,19)20)15(14-2-1-7-23-14)22-5-3-21-4-6-22/h1-2,7-10,15,21H,3-6H2/t15-/m1/s1. The molecule has 1 atom stereocenters. The molecule has 2 heterocycles. The average Bonchev–Trinajstić information content (AvgIpc) is 3.01. The topological polar surface area (TPSA) is 15.3 Å². The molecule has 1 aliphatic heterocycles. The molecule has 1 saturated heterocycles. The monoisotopic (exact) mass is 404 g/mol. The molecule has 0 amide bonds. The van der Waals surface area contributed by atoms with Crippen molar-refractivity contribution in [2.75, 3.05) is 26.2 Å². The van der Waals surface area contributed by atoms with E-state index in [1.54, 1.807) is 17.4 Å². The number of rotatable bonds is 3. The molecule has 1 N–H and O–H groups in total. The van der Waals surface area contributed by atoms with Gasteiger partial charge in [0.25, 0.3) is 0 Å². The van der Waals surface area contributed by atoms with Gasteiger partial charge in [0.1, 0.15) is 0 Å². The van der Waals surface area contributed by atoms with E-state index in [2.05, 4.69) is 26.1 Å². The summed E-state index contributed by atoms with van der Waals surface area (Å²) in [6.07, 6.45) is -4.35. The summed E-state index contributed by atoms with van der Waals surface area (Å²) in [5.41, 5.74) is 0.0645. The Morgan fingerprint density at radius 3 is 2.52 bits per heavy atom. The molecule has 1 aromatic carbocycles. The molecule has 2 nitrogen and oxygen atoms in total. The molecule has 0 unspecified atom stereocenters. The van der Waals surface area contributed by atoms with Gasteiger partial charge in [-0.2, -0.15) is 13.2 Å². The van der Waals surface area contributed by atoms with E-state index >= 15 is 0 Å². The molecule has 1 aliphatic rings. The van der Waals surface area contributed by atoms with Crippen LogP contribution in [0.2, 0.25) is 0 Å². The van der Waals surface area contributed by atoms with Crippen LogP contribution >= 0.6 is 27.3 Å². The second-order valence-corrected chi connectivity index (χ2v) is 7.37. The molecule has 0 radical (unpaired) electrons. The van der Waals surface area contributed by atoms with Gasteiger partial charge < -0.3 is 5.32 Å². The van der Waals surface area contributed by atoms with Crippen LogP contribution in [-0.2, 0) is 6.18 Å². The van der Waals surface area contributed by atoms with Gasteiger partial charge in [-0.3, -0.25) is 4.90 Å². The summed E-state index contributed by atoms with van der Waals surface area (Å²) < 4.78 is 39.9. The zero-order valence-corrected chi connectivity index (χ0v) is 14.6. The lowest BCUT2D eigenvalue weighted by Crippen LogP contribution is -2.45. The first-order valence-electron chi connectivity index (χ1n) is 7.31. The van der Waals surface area contributed by atoms with Crippen LogP contribution in [0.5, 0.6) is 0 Å². The Bertz CT molecular complexity index is 652. The summed E-state index contributed by atoms with van der Waals surface area (Å²) in [5.74, 6) is 0. The molecular formula is C16H16BrF3N2S. The van der Waals surface area contributed by atoms with Crippen molar-refractivity contribution in [3.05, 3.63) is 56.2 Å². The molecule has 2 aromatic rings. The van der Waals surface area contributed by atoms with Crippen LogP contribution in [-0.4, -0.2) is 31.1 Å². The Labute approximate surface area is 145 Å². The average molecular weight is 405 g/mol. The molecule has 7 heteroatoms. The molecule has 1 fully saturated rings. The number of alkyl halides is 3. The highest BCUT2D eigenvalue weighted by Gasteiger charge is 2.33. The molecule has 0 saturated carbocycles. The third-order valence-electron chi connectivity index (χ3n) is 3.89. The van der Waals surface area contributed by atoms with Crippen molar-refractivity contribution in [2.45, 2.75) is 12.2 Å². The van der Waals surface area contributed by atoms with Crippen molar-refractivity contribution in [2.24, 2.45) is 0 Å². The molecule has 124 valence electrons. The summed E-state index contributed by atoms with van der Waals surface area (Å²) in [6.45, 7) is 3.33. The lowest BCUT2D eigenvalue weighted by Gasteiger charge is -2.35. The maximum absolute atomic E-state index is 13.2. The van der Waals surface area contributed by atoms with E-state index in [0.717, 1.165) is 37.1 Å². The summed E-state index contributed by atoms with van der Waals surface area (Å²) in [4.78, 5) is 3.31. The smallest absolute Gasteiger partial charge is 0.314 e. The van der Waals surface area contributed by atoms with Crippen molar-refractivity contribution >= 4 is 27.3 Å². The Morgan fingerprint density at radius 2 is 1.91 bits per heavy atom. The lowest BCUT2D eigenvalue weighted by atomic mass is 10.00. The van der Waals surface area contributed by atoms with Crippen molar-refractivity contribution in [1.29, 1.82) is 0 Å². The molecule has 0 bridgehead atoms. The van der Waals surface area contributed by atoms with Crippen molar-refractivity contribution in [3.8, 4) is 0 Å². The van der Waals surface area contributed by atoms with Crippen LogP contribution in [0.15, 0.2) is 40.2 Å². The van der Waals surface area contributed by atoms with Crippen molar-refractivity contribution in [3.63, 3.8) is 0 Å². The van der Waals surface area contributed by atoms with Crippen LogP contribution in [0.25, 0.3) is 0 Å². The molecule has 0 aliphatic carbocycles. The summed E-state index contributed by atoms with van der Waals surface area (Å²) in [6, 6.07) is 7.99. The van der Waals surface area contributed by atoms with Gasteiger partial charge in [-0.1, -0.05) is 22.0 Å². The van der Waals surface area contributed by atoms with Gasteiger partial charge in [-0.05, 0) is 35.2 Å². The first kappa shape index (κ1) is 17.0. The molecule has 0 spiro atoms.